The lowest BCUT2D eigenvalue weighted by Crippen LogP contribution is -2.42. The summed E-state index contributed by atoms with van der Waals surface area (Å²) in [6, 6.07) is 16.2. The molecule has 0 spiro atoms. The zero-order valence-corrected chi connectivity index (χ0v) is 17.8. The monoisotopic (exact) mass is 423 g/mol. The fraction of sp³-hybridized carbons (Fsp3) is 0.375. The lowest BCUT2D eigenvalue weighted by molar-refractivity contribution is -0.120. The minimum absolute atomic E-state index is 0.00207. The van der Waals surface area contributed by atoms with Crippen molar-refractivity contribution < 1.29 is 19.1 Å². The maximum Gasteiger partial charge on any atom is 0.321 e. The van der Waals surface area contributed by atoms with Crippen molar-refractivity contribution >= 4 is 17.7 Å². The van der Waals surface area contributed by atoms with Crippen molar-refractivity contribution in [1.82, 2.24) is 15.5 Å². The average Bonchev–Trinajstić information content (AvgIpc) is 2.82. The van der Waals surface area contributed by atoms with Gasteiger partial charge in [-0.05, 0) is 55.8 Å². The number of nitrogens with one attached hydrogen (secondary N) is 2. The molecule has 0 aromatic heterocycles. The summed E-state index contributed by atoms with van der Waals surface area (Å²) >= 11 is 0. The number of piperidine rings is 1. The number of hydrogen-bond donors (Lipinski definition) is 2. The van der Waals surface area contributed by atoms with Gasteiger partial charge in [-0.2, -0.15) is 0 Å². The van der Waals surface area contributed by atoms with Gasteiger partial charge in [0, 0.05) is 31.0 Å². The molecule has 164 valence electrons. The zero-order chi connectivity index (χ0) is 22.1. The molecular formula is C24H29N3O4. The lowest BCUT2D eigenvalue weighted by Gasteiger charge is -2.31. The molecule has 1 aliphatic heterocycles. The van der Waals surface area contributed by atoms with Gasteiger partial charge in [0.1, 0.15) is 5.75 Å². The van der Waals surface area contributed by atoms with Gasteiger partial charge in [-0.25, -0.2) is 4.79 Å². The molecule has 3 amide bonds. The predicted molar refractivity (Wildman–Crippen MR) is 118 cm³/mol. The van der Waals surface area contributed by atoms with Crippen LogP contribution in [0.4, 0.5) is 4.79 Å². The maximum atomic E-state index is 12.7. The highest BCUT2D eigenvalue weighted by Crippen LogP contribution is 2.23. The number of carbonyl (C=O) groups is 3. The second-order valence-corrected chi connectivity index (χ2v) is 7.68. The Hall–Kier alpha value is -3.19. The number of imide groups is 1. The first kappa shape index (κ1) is 22.5. The number of carbonyl (C=O) groups excluding carboxylic acids is 3. The molecule has 1 heterocycles. The van der Waals surface area contributed by atoms with Gasteiger partial charge < -0.3 is 15.0 Å². The van der Waals surface area contributed by atoms with Crippen molar-refractivity contribution in [2.24, 2.45) is 5.92 Å². The van der Waals surface area contributed by atoms with Gasteiger partial charge in [0.2, 0.25) is 5.91 Å². The smallest absolute Gasteiger partial charge is 0.321 e. The van der Waals surface area contributed by atoms with E-state index in [1.54, 1.807) is 31.4 Å². The molecule has 0 atom stereocenters. The summed E-state index contributed by atoms with van der Waals surface area (Å²) in [4.78, 5) is 38.8. The molecule has 1 aliphatic rings. The van der Waals surface area contributed by atoms with Crippen LogP contribution in [-0.4, -0.2) is 49.4 Å². The lowest BCUT2D eigenvalue weighted by atomic mass is 9.89. The van der Waals surface area contributed by atoms with Gasteiger partial charge in [0.15, 0.2) is 5.78 Å². The van der Waals surface area contributed by atoms with E-state index in [9.17, 15) is 14.4 Å². The molecule has 0 saturated carbocycles. The van der Waals surface area contributed by atoms with Gasteiger partial charge in [-0.1, -0.05) is 30.3 Å². The third kappa shape index (κ3) is 6.93. The summed E-state index contributed by atoms with van der Waals surface area (Å²) in [6.45, 7) is 2.47. The van der Waals surface area contributed by atoms with Crippen LogP contribution < -0.4 is 15.4 Å². The molecule has 2 aromatic rings. The normalized spacial score (nSPS) is 14.6. The third-order valence-electron chi connectivity index (χ3n) is 5.54. The van der Waals surface area contributed by atoms with E-state index in [0.717, 1.165) is 37.2 Å². The SMILES string of the molecule is COc1ccc(C(=O)C2CCN(CCC(=O)NC(=O)NCc3ccccc3)CC2)cc1. The first-order valence-electron chi connectivity index (χ1n) is 10.6. The summed E-state index contributed by atoms with van der Waals surface area (Å²) in [5.41, 5.74) is 1.68. The van der Waals surface area contributed by atoms with E-state index < -0.39 is 6.03 Å². The van der Waals surface area contributed by atoms with Crippen molar-refractivity contribution in [2.75, 3.05) is 26.7 Å². The maximum absolute atomic E-state index is 12.7. The molecule has 1 fully saturated rings. The molecule has 0 radical (unpaired) electrons. The van der Waals surface area contributed by atoms with Gasteiger partial charge in [0.25, 0.3) is 0 Å². The van der Waals surface area contributed by atoms with E-state index >= 15 is 0 Å². The number of nitrogens with zero attached hydrogens (tertiary/aromatic N) is 1. The number of urea groups is 1. The van der Waals surface area contributed by atoms with Crippen LogP contribution in [0.5, 0.6) is 5.75 Å². The fourth-order valence-electron chi connectivity index (χ4n) is 3.68. The van der Waals surface area contributed by atoms with E-state index in [2.05, 4.69) is 15.5 Å². The highest BCUT2D eigenvalue weighted by molar-refractivity contribution is 5.98. The Morgan fingerprint density at radius 3 is 2.32 bits per heavy atom. The number of ketones is 1. The molecule has 2 N–H and O–H groups in total. The van der Waals surface area contributed by atoms with Crippen LogP contribution in [0.15, 0.2) is 54.6 Å². The molecule has 2 aromatic carbocycles. The molecule has 0 unspecified atom stereocenters. The van der Waals surface area contributed by atoms with Crippen molar-refractivity contribution in [3.8, 4) is 5.75 Å². The van der Waals surface area contributed by atoms with Gasteiger partial charge >= 0.3 is 6.03 Å². The molecule has 3 rings (SSSR count). The van der Waals surface area contributed by atoms with Crippen LogP contribution in [0, 0.1) is 5.92 Å². The molecule has 7 heteroatoms. The Balaban J connectivity index is 1.34. The summed E-state index contributed by atoms with van der Waals surface area (Å²) in [7, 11) is 1.60. The fourth-order valence-corrected chi connectivity index (χ4v) is 3.68. The highest BCUT2D eigenvalue weighted by atomic mass is 16.5. The highest BCUT2D eigenvalue weighted by Gasteiger charge is 2.26. The molecule has 31 heavy (non-hydrogen) atoms. The number of likely N-dealkylation sites (tertiary alicyclic amines) is 1. The Morgan fingerprint density at radius 2 is 1.68 bits per heavy atom. The van der Waals surface area contributed by atoms with Crippen molar-refractivity contribution in [1.29, 1.82) is 0 Å². The van der Waals surface area contributed by atoms with Crippen LogP contribution >= 0.6 is 0 Å². The number of amides is 3. The van der Waals surface area contributed by atoms with Crippen LogP contribution in [0.25, 0.3) is 0 Å². The predicted octanol–water partition coefficient (Wildman–Crippen LogP) is 3.01. The second-order valence-electron chi connectivity index (χ2n) is 7.68. The number of ether oxygens (including phenoxy) is 1. The van der Waals surface area contributed by atoms with E-state index in [-0.39, 0.29) is 24.0 Å². The Labute approximate surface area is 182 Å². The number of methoxy groups -OCH3 is 1. The van der Waals surface area contributed by atoms with E-state index in [1.165, 1.54) is 0 Å². The van der Waals surface area contributed by atoms with Crippen LogP contribution in [0.2, 0.25) is 0 Å². The quantitative estimate of drug-likeness (QED) is 0.638. The number of Topliss-reactive ketones (excluding diaryl/α,β-unsaturated/α-hetero) is 1. The minimum atomic E-state index is -0.488. The summed E-state index contributed by atoms with van der Waals surface area (Å²) in [5, 5.41) is 5.05. The van der Waals surface area contributed by atoms with E-state index in [1.807, 2.05) is 30.3 Å². The first-order chi connectivity index (χ1) is 15.0. The minimum Gasteiger partial charge on any atom is -0.497 e. The molecule has 1 saturated heterocycles. The molecule has 7 nitrogen and oxygen atoms in total. The number of rotatable bonds is 8. The van der Waals surface area contributed by atoms with Crippen molar-refractivity contribution in [3.05, 3.63) is 65.7 Å². The van der Waals surface area contributed by atoms with Crippen LogP contribution in [0.3, 0.4) is 0 Å². The van der Waals surface area contributed by atoms with Gasteiger partial charge in [-0.15, -0.1) is 0 Å². The van der Waals surface area contributed by atoms with Crippen LogP contribution in [-0.2, 0) is 11.3 Å². The Kier molecular flexibility index (Phi) is 8.18. The summed E-state index contributed by atoms with van der Waals surface area (Å²) < 4.78 is 5.14. The largest absolute Gasteiger partial charge is 0.497 e. The molecule has 0 bridgehead atoms. The van der Waals surface area contributed by atoms with Crippen LogP contribution in [0.1, 0.15) is 35.2 Å². The summed E-state index contributed by atoms with van der Waals surface area (Å²) in [5.74, 6) is 0.595. The van der Waals surface area contributed by atoms with Crippen molar-refractivity contribution in [3.63, 3.8) is 0 Å². The molecule has 0 aliphatic carbocycles. The number of benzene rings is 2. The Morgan fingerprint density at radius 1 is 1.00 bits per heavy atom. The van der Waals surface area contributed by atoms with Gasteiger partial charge in [-0.3, -0.25) is 14.9 Å². The first-order valence-corrected chi connectivity index (χ1v) is 10.6. The third-order valence-corrected chi connectivity index (χ3v) is 5.54. The zero-order valence-electron chi connectivity index (χ0n) is 17.8. The average molecular weight is 424 g/mol. The van der Waals surface area contributed by atoms with Crippen molar-refractivity contribution in [2.45, 2.75) is 25.8 Å². The Bertz CT molecular complexity index is 875. The van der Waals surface area contributed by atoms with Gasteiger partial charge in [0.05, 0.1) is 7.11 Å². The van der Waals surface area contributed by atoms with E-state index in [0.29, 0.717) is 18.7 Å². The second kappa shape index (κ2) is 11.3. The topological polar surface area (TPSA) is 87.7 Å². The summed E-state index contributed by atoms with van der Waals surface area (Å²) in [6.07, 6.45) is 1.78. The van der Waals surface area contributed by atoms with E-state index in [4.69, 9.17) is 4.74 Å². The number of hydrogen-bond acceptors (Lipinski definition) is 5. The molecular weight excluding hydrogens is 394 g/mol. The standard InChI is InChI=1S/C24H29N3O4/c1-31-21-9-7-19(8-10-21)23(29)20-11-14-27(15-12-20)16-13-22(28)26-24(30)25-17-18-5-3-2-4-6-18/h2-10,20H,11-17H2,1H3,(H2,25,26,28,30).